The summed E-state index contributed by atoms with van der Waals surface area (Å²) in [6.07, 6.45) is 3.27. The molecule has 0 radical (unpaired) electrons. The third-order valence-corrected chi connectivity index (χ3v) is 5.32. The minimum atomic E-state index is -0.232. The molecule has 0 spiro atoms. The predicted octanol–water partition coefficient (Wildman–Crippen LogP) is 2.18. The van der Waals surface area contributed by atoms with Crippen LogP contribution >= 0.6 is 0 Å². The molecule has 1 aromatic carbocycles. The van der Waals surface area contributed by atoms with E-state index in [0.717, 1.165) is 29.9 Å². The molecule has 1 fully saturated rings. The highest BCUT2D eigenvalue weighted by Gasteiger charge is 2.23. The zero-order valence-corrected chi connectivity index (χ0v) is 18.2. The van der Waals surface area contributed by atoms with E-state index in [4.69, 9.17) is 4.74 Å². The fourth-order valence-corrected chi connectivity index (χ4v) is 3.55. The minimum absolute atomic E-state index is 0.00351. The first-order chi connectivity index (χ1) is 15.1. The second-order valence-electron chi connectivity index (χ2n) is 7.51. The molecule has 1 aromatic heterocycles. The Labute approximate surface area is 182 Å². The van der Waals surface area contributed by atoms with E-state index in [0.29, 0.717) is 32.8 Å². The predicted molar refractivity (Wildman–Crippen MR) is 121 cm³/mol. The first-order valence-electron chi connectivity index (χ1n) is 10.7. The number of nitrogens with one attached hydrogen (secondary N) is 2. The number of aliphatic imine (C=N–C) groups is 1. The number of guanidine groups is 1. The summed E-state index contributed by atoms with van der Waals surface area (Å²) in [7, 11) is 1.75. The first-order valence-corrected chi connectivity index (χ1v) is 10.7. The number of rotatable bonds is 6. The van der Waals surface area contributed by atoms with Crippen molar-refractivity contribution in [2.24, 2.45) is 4.99 Å². The third kappa shape index (κ3) is 6.60. The smallest absolute Gasteiger partial charge is 0.409 e. The topological polar surface area (TPSA) is 88.0 Å². The van der Waals surface area contributed by atoms with Crippen LogP contribution in [0.1, 0.15) is 30.9 Å². The van der Waals surface area contributed by atoms with Gasteiger partial charge in [0.25, 0.3) is 5.56 Å². The number of pyridine rings is 1. The van der Waals surface area contributed by atoms with Crippen LogP contribution < -0.4 is 16.2 Å². The van der Waals surface area contributed by atoms with Crippen LogP contribution in [-0.2, 0) is 17.8 Å². The molecule has 8 heteroatoms. The average Bonchev–Trinajstić information content (AvgIpc) is 2.79. The molecule has 0 saturated carbocycles. The Morgan fingerprint density at radius 2 is 1.84 bits per heavy atom. The van der Waals surface area contributed by atoms with Crippen LogP contribution in [0, 0.1) is 0 Å². The second kappa shape index (κ2) is 11.2. The lowest BCUT2D eigenvalue weighted by molar-refractivity contribution is 0.0963. The van der Waals surface area contributed by atoms with Gasteiger partial charge in [-0.1, -0.05) is 30.3 Å². The SMILES string of the molecule is CCOC(=O)N1CCC(NC(=NC)NCc2ccc(Cn3ccccc3=O)cc2)CC1. The van der Waals surface area contributed by atoms with E-state index in [1.807, 2.05) is 25.1 Å². The first kappa shape index (κ1) is 22.4. The van der Waals surface area contributed by atoms with Crippen molar-refractivity contribution in [1.29, 1.82) is 0 Å². The lowest BCUT2D eigenvalue weighted by atomic mass is 10.1. The monoisotopic (exact) mass is 425 g/mol. The molecule has 31 heavy (non-hydrogen) atoms. The Morgan fingerprint density at radius 3 is 2.48 bits per heavy atom. The maximum Gasteiger partial charge on any atom is 0.409 e. The number of piperidine rings is 1. The molecule has 1 saturated heterocycles. The summed E-state index contributed by atoms with van der Waals surface area (Å²) in [6.45, 7) is 4.78. The molecule has 3 rings (SSSR count). The van der Waals surface area contributed by atoms with Gasteiger partial charge in [0.2, 0.25) is 0 Å². The number of aromatic nitrogens is 1. The van der Waals surface area contributed by atoms with Crippen LogP contribution in [0.5, 0.6) is 0 Å². The molecular weight excluding hydrogens is 394 g/mol. The van der Waals surface area contributed by atoms with Gasteiger partial charge in [-0.15, -0.1) is 0 Å². The van der Waals surface area contributed by atoms with Crippen molar-refractivity contribution >= 4 is 12.1 Å². The number of ether oxygens (including phenoxy) is 1. The van der Waals surface area contributed by atoms with Crippen LogP contribution in [0.4, 0.5) is 4.79 Å². The maximum absolute atomic E-state index is 11.9. The van der Waals surface area contributed by atoms with E-state index in [1.54, 1.807) is 34.8 Å². The van der Waals surface area contributed by atoms with Crippen LogP contribution in [0.2, 0.25) is 0 Å². The van der Waals surface area contributed by atoms with Gasteiger partial charge in [0, 0.05) is 45.0 Å². The average molecular weight is 426 g/mol. The molecule has 2 aromatic rings. The molecule has 0 unspecified atom stereocenters. The van der Waals surface area contributed by atoms with Gasteiger partial charge in [-0.25, -0.2) is 4.79 Å². The number of amides is 1. The van der Waals surface area contributed by atoms with Gasteiger partial charge in [0.05, 0.1) is 13.2 Å². The highest BCUT2D eigenvalue weighted by atomic mass is 16.6. The highest BCUT2D eigenvalue weighted by molar-refractivity contribution is 5.80. The van der Waals surface area contributed by atoms with E-state index in [-0.39, 0.29) is 17.7 Å². The zero-order valence-electron chi connectivity index (χ0n) is 18.2. The summed E-state index contributed by atoms with van der Waals surface area (Å²) in [6, 6.07) is 13.6. The molecule has 8 nitrogen and oxygen atoms in total. The lowest BCUT2D eigenvalue weighted by Gasteiger charge is -2.32. The van der Waals surface area contributed by atoms with Crippen LogP contribution in [0.3, 0.4) is 0 Å². The van der Waals surface area contributed by atoms with Gasteiger partial charge in [0.1, 0.15) is 0 Å². The molecule has 0 bridgehead atoms. The Kier molecular flexibility index (Phi) is 8.09. The van der Waals surface area contributed by atoms with Gasteiger partial charge < -0.3 is 24.8 Å². The molecule has 166 valence electrons. The van der Waals surface area contributed by atoms with Gasteiger partial charge in [0.15, 0.2) is 5.96 Å². The summed E-state index contributed by atoms with van der Waals surface area (Å²) in [5.74, 6) is 0.745. The van der Waals surface area contributed by atoms with Crippen molar-refractivity contribution in [2.75, 3.05) is 26.7 Å². The normalized spacial score (nSPS) is 14.9. The molecular formula is C23H31N5O3. The summed E-state index contributed by atoms with van der Waals surface area (Å²) < 4.78 is 6.75. The number of hydrogen-bond donors (Lipinski definition) is 2. The van der Waals surface area contributed by atoms with Crippen molar-refractivity contribution in [1.82, 2.24) is 20.1 Å². The van der Waals surface area contributed by atoms with Crippen molar-refractivity contribution in [3.8, 4) is 0 Å². The van der Waals surface area contributed by atoms with E-state index in [2.05, 4.69) is 27.8 Å². The zero-order chi connectivity index (χ0) is 22.1. The maximum atomic E-state index is 11.9. The fraction of sp³-hybridized carbons (Fsp3) is 0.435. The summed E-state index contributed by atoms with van der Waals surface area (Å²) in [4.78, 5) is 29.7. The Morgan fingerprint density at radius 1 is 1.13 bits per heavy atom. The summed E-state index contributed by atoms with van der Waals surface area (Å²) in [5.41, 5.74) is 2.20. The minimum Gasteiger partial charge on any atom is -0.450 e. The van der Waals surface area contributed by atoms with Gasteiger partial charge >= 0.3 is 6.09 Å². The quantitative estimate of drug-likeness (QED) is 0.547. The number of carbonyl (C=O) groups is 1. The molecule has 1 aliphatic rings. The van der Waals surface area contributed by atoms with Crippen LogP contribution in [0.25, 0.3) is 0 Å². The van der Waals surface area contributed by atoms with Crippen molar-refractivity contribution in [3.05, 3.63) is 70.1 Å². The molecule has 2 N–H and O–H groups in total. The van der Waals surface area contributed by atoms with E-state index in [1.165, 1.54) is 0 Å². The van der Waals surface area contributed by atoms with Gasteiger partial charge in [-0.3, -0.25) is 9.79 Å². The second-order valence-corrected chi connectivity index (χ2v) is 7.51. The number of likely N-dealkylation sites (tertiary alicyclic amines) is 1. The lowest BCUT2D eigenvalue weighted by Crippen LogP contribution is -2.49. The van der Waals surface area contributed by atoms with Gasteiger partial charge in [-0.2, -0.15) is 0 Å². The standard InChI is InChI=1S/C23H31N5O3/c1-3-31-23(30)27-14-11-20(12-15-27)26-22(24-2)25-16-18-7-9-19(10-8-18)17-28-13-5-4-6-21(28)29/h4-10,13,20H,3,11-12,14-17H2,1-2H3,(H2,24,25,26). The molecule has 1 amide bonds. The Bertz CT molecular complexity index is 931. The Hall–Kier alpha value is -3.29. The highest BCUT2D eigenvalue weighted by Crippen LogP contribution is 2.11. The third-order valence-electron chi connectivity index (χ3n) is 5.32. The Balaban J connectivity index is 1.45. The van der Waals surface area contributed by atoms with Crippen molar-refractivity contribution < 1.29 is 9.53 Å². The van der Waals surface area contributed by atoms with Crippen LogP contribution in [0.15, 0.2) is 58.4 Å². The largest absolute Gasteiger partial charge is 0.450 e. The van der Waals surface area contributed by atoms with Crippen molar-refractivity contribution in [2.45, 2.75) is 38.9 Å². The van der Waals surface area contributed by atoms with Crippen LogP contribution in [-0.4, -0.2) is 54.3 Å². The molecule has 0 aliphatic carbocycles. The fourth-order valence-electron chi connectivity index (χ4n) is 3.55. The number of nitrogens with zero attached hydrogens (tertiary/aromatic N) is 3. The number of benzene rings is 1. The van der Waals surface area contributed by atoms with E-state index < -0.39 is 0 Å². The summed E-state index contributed by atoms with van der Waals surface area (Å²) >= 11 is 0. The van der Waals surface area contributed by atoms with E-state index >= 15 is 0 Å². The molecule has 0 atom stereocenters. The van der Waals surface area contributed by atoms with Crippen molar-refractivity contribution in [3.63, 3.8) is 0 Å². The van der Waals surface area contributed by atoms with Gasteiger partial charge in [-0.05, 0) is 37.0 Å². The number of carbonyl (C=O) groups excluding carboxylic acids is 1. The molecule has 2 heterocycles. The number of hydrogen-bond acceptors (Lipinski definition) is 4. The molecule has 1 aliphatic heterocycles. The van der Waals surface area contributed by atoms with E-state index in [9.17, 15) is 9.59 Å². The summed E-state index contributed by atoms with van der Waals surface area (Å²) in [5, 5.41) is 6.78.